The van der Waals surface area contributed by atoms with Gasteiger partial charge in [-0.3, -0.25) is 14.9 Å². The summed E-state index contributed by atoms with van der Waals surface area (Å²) in [6, 6.07) is 9.27. The first-order chi connectivity index (χ1) is 14.3. The second-order valence-electron chi connectivity index (χ2n) is 7.26. The average molecular weight is 412 g/mol. The zero-order chi connectivity index (χ0) is 21.8. The van der Waals surface area contributed by atoms with Crippen LogP contribution < -0.4 is 10.2 Å². The summed E-state index contributed by atoms with van der Waals surface area (Å²) in [5.41, 5.74) is 2.15. The van der Waals surface area contributed by atoms with Gasteiger partial charge in [0.2, 0.25) is 0 Å². The van der Waals surface area contributed by atoms with Gasteiger partial charge in [0.05, 0.1) is 17.6 Å². The number of nitrogens with zero attached hydrogens (tertiary/aromatic N) is 3. The van der Waals surface area contributed by atoms with Crippen molar-refractivity contribution in [3.63, 3.8) is 0 Å². The van der Waals surface area contributed by atoms with E-state index in [1.165, 1.54) is 13.2 Å². The lowest BCUT2D eigenvalue weighted by Gasteiger charge is -2.34. The summed E-state index contributed by atoms with van der Waals surface area (Å²) in [5.74, 6) is -1.29. The maximum atomic E-state index is 12.7. The van der Waals surface area contributed by atoms with Crippen LogP contribution in [0, 0.1) is 17.0 Å². The second kappa shape index (κ2) is 8.91. The van der Waals surface area contributed by atoms with E-state index >= 15 is 0 Å². The van der Waals surface area contributed by atoms with Gasteiger partial charge in [-0.1, -0.05) is 0 Å². The highest BCUT2D eigenvalue weighted by Crippen LogP contribution is 2.25. The van der Waals surface area contributed by atoms with Crippen molar-refractivity contribution in [2.24, 2.45) is 0 Å². The van der Waals surface area contributed by atoms with Gasteiger partial charge in [0.1, 0.15) is 0 Å². The maximum Gasteiger partial charge on any atom is 0.338 e. The molecular formula is C21H24N4O5. The number of nitro benzene ring substituents is 1. The molecule has 0 bridgehead atoms. The van der Waals surface area contributed by atoms with Crippen LogP contribution in [0.4, 0.5) is 17.1 Å². The molecule has 1 saturated heterocycles. The Labute approximate surface area is 174 Å². The van der Waals surface area contributed by atoms with Crippen molar-refractivity contribution in [3.8, 4) is 0 Å². The number of carbonyl (C=O) groups is 2. The van der Waals surface area contributed by atoms with E-state index in [1.54, 1.807) is 0 Å². The maximum absolute atomic E-state index is 12.7. The average Bonchev–Trinajstić information content (AvgIpc) is 2.74. The molecule has 1 aliphatic rings. The lowest BCUT2D eigenvalue weighted by Crippen LogP contribution is -2.44. The fourth-order valence-corrected chi connectivity index (χ4v) is 3.33. The van der Waals surface area contributed by atoms with Crippen LogP contribution in [0.3, 0.4) is 0 Å². The Morgan fingerprint density at radius 2 is 1.73 bits per heavy atom. The third-order valence-electron chi connectivity index (χ3n) is 5.14. The molecule has 0 aliphatic carbocycles. The highest BCUT2D eigenvalue weighted by molar-refractivity contribution is 6.06. The molecule has 0 radical (unpaired) electrons. The highest BCUT2D eigenvalue weighted by atomic mass is 16.6. The lowest BCUT2D eigenvalue weighted by atomic mass is 10.1. The smallest absolute Gasteiger partial charge is 0.338 e. The van der Waals surface area contributed by atoms with Gasteiger partial charge in [-0.25, -0.2) is 4.79 Å². The third kappa shape index (κ3) is 4.74. The van der Waals surface area contributed by atoms with Gasteiger partial charge in [-0.2, -0.15) is 0 Å². The Balaban J connectivity index is 1.81. The van der Waals surface area contributed by atoms with E-state index in [1.807, 2.05) is 25.1 Å². The number of aryl methyl sites for hydroxylation is 1. The number of piperazine rings is 1. The molecule has 2 aromatic rings. The molecule has 158 valence electrons. The zero-order valence-corrected chi connectivity index (χ0v) is 17.2. The van der Waals surface area contributed by atoms with Gasteiger partial charge in [-0.15, -0.1) is 0 Å². The molecule has 1 fully saturated rings. The first-order valence-corrected chi connectivity index (χ1v) is 9.52. The number of methoxy groups -OCH3 is 1. The molecule has 0 saturated carbocycles. The topological polar surface area (TPSA) is 105 Å². The number of hydrogen-bond acceptors (Lipinski definition) is 7. The van der Waals surface area contributed by atoms with E-state index in [9.17, 15) is 19.7 Å². The summed E-state index contributed by atoms with van der Waals surface area (Å²) in [6.07, 6.45) is 0. The number of nitro groups is 1. The molecule has 1 N–H and O–H groups in total. The molecule has 3 rings (SSSR count). The molecule has 0 unspecified atom stereocenters. The summed E-state index contributed by atoms with van der Waals surface area (Å²) in [7, 11) is 3.27. The van der Waals surface area contributed by atoms with Crippen LogP contribution in [0.15, 0.2) is 36.4 Å². The first kappa shape index (κ1) is 21.3. The van der Waals surface area contributed by atoms with E-state index in [0.717, 1.165) is 49.6 Å². The molecule has 9 nitrogen and oxygen atoms in total. The molecule has 0 spiro atoms. The Bertz CT molecular complexity index is 983. The number of carbonyl (C=O) groups excluding carboxylic acids is 2. The second-order valence-corrected chi connectivity index (χ2v) is 7.26. The predicted octanol–water partition coefficient (Wildman–Crippen LogP) is 2.69. The van der Waals surface area contributed by atoms with Crippen molar-refractivity contribution >= 4 is 28.9 Å². The highest BCUT2D eigenvalue weighted by Gasteiger charge is 2.19. The van der Waals surface area contributed by atoms with Gasteiger partial charge < -0.3 is 19.9 Å². The summed E-state index contributed by atoms with van der Waals surface area (Å²) in [5, 5.41) is 13.9. The van der Waals surface area contributed by atoms with Gasteiger partial charge in [-0.05, 0) is 43.8 Å². The number of hydrogen-bond donors (Lipinski definition) is 1. The SMILES string of the molecule is COC(=O)c1cc(C(=O)Nc2ccc(N3CCN(C)CC3)cc2C)cc([N+](=O)[O-])c1. The molecule has 9 heteroatoms. The standard InChI is InChI=1S/C21H24N4O5/c1-14-10-17(24-8-6-23(2)7-9-24)4-5-19(14)22-20(26)15-11-16(21(27)30-3)13-18(12-15)25(28)29/h4-5,10-13H,6-9H2,1-3H3,(H,22,26). The molecule has 1 aliphatic heterocycles. The van der Waals surface area contributed by atoms with Crippen LogP contribution in [0.1, 0.15) is 26.3 Å². The van der Waals surface area contributed by atoms with Crippen LogP contribution in [-0.4, -0.2) is 62.0 Å². The number of ether oxygens (including phenoxy) is 1. The van der Waals surface area contributed by atoms with Crippen molar-refractivity contribution in [1.29, 1.82) is 0 Å². The van der Waals surface area contributed by atoms with Crippen LogP contribution in [0.25, 0.3) is 0 Å². The summed E-state index contributed by atoms with van der Waals surface area (Å²) in [6.45, 7) is 5.75. The van der Waals surface area contributed by atoms with E-state index < -0.39 is 16.8 Å². The molecule has 0 atom stereocenters. The Hall–Kier alpha value is -3.46. The molecule has 0 aromatic heterocycles. The summed E-state index contributed by atoms with van der Waals surface area (Å²) < 4.78 is 4.62. The quantitative estimate of drug-likeness (QED) is 0.457. The van der Waals surface area contributed by atoms with Gasteiger partial charge in [0.15, 0.2) is 0 Å². The lowest BCUT2D eigenvalue weighted by molar-refractivity contribution is -0.384. The Morgan fingerprint density at radius 3 is 2.33 bits per heavy atom. The number of amides is 1. The number of likely N-dealkylation sites (N-methyl/N-ethyl adjacent to an activating group) is 1. The third-order valence-corrected chi connectivity index (χ3v) is 5.14. The van der Waals surface area contributed by atoms with Crippen molar-refractivity contribution in [2.45, 2.75) is 6.92 Å². The van der Waals surface area contributed by atoms with E-state index in [4.69, 9.17) is 0 Å². The van der Waals surface area contributed by atoms with Crippen LogP contribution in [-0.2, 0) is 4.74 Å². The molecule has 1 heterocycles. The summed E-state index contributed by atoms with van der Waals surface area (Å²) in [4.78, 5) is 39.6. The summed E-state index contributed by atoms with van der Waals surface area (Å²) >= 11 is 0. The van der Waals surface area contributed by atoms with Crippen LogP contribution in [0.2, 0.25) is 0 Å². The van der Waals surface area contributed by atoms with Crippen LogP contribution >= 0.6 is 0 Å². The first-order valence-electron chi connectivity index (χ1n) is 9.52. The predicted molar refractivity (Wildman–Crippen MR) is 113 cm³/mol. The number of anilines is 2. The van der Waals surface area contributed by atoms with Crippen molar-refractivity contribution < 1.29 is 19.2 Å². The minimum absolute atomic E-state index is 0.00662. The van der Waals surface area contributed by atoms with Crippen molar-refractivity contribution in [3.05, 3.63) is 63.2 Å². The van der Waals surface area contributed by atoms with Crippen LogP contribution in [0.5, 0.6) is 0 Å². The molecule has 2 aromatic carbocycles. The Kier molecular flexibility index (Phi) is 6.31. The molecule has 30 heavy (non-hydrogen) atoms. The zero-order valence-electron chi connectivity index (χ0n) is 17.2. The van der Waals surface area contributed by atoms with Crippen molar-refractivity contribution in [2.75, 3.05) is 50.6 Å². The van der Waals surface area contributed by atoms with E-state index in [0.29, 0.717) is 5.69 Å². The van der Waals surface area contributed by atoms with E-state index in [2.05, 4.69) is 26.9 Å². The number of rotatable bonds is 5. The largest absolute Gasteiger partial charge is 0.465 e. The number of esters is 1. The monoisotopic (exact) mass is 412 g/mol. The normalized spacial score (nSPS) is 14.3. The number of benzene rings is 2. The minimum atomic E-state index is -0.750. The van der Waals surface area contributed by atoms with Gasteiger partial charge >= 0.3 is 5.97 Å². The van der Waals surface area contributed by atoms with E-state index in [-0.39, 0.29) is 16.8 Å². The fraction of sp³-hybridized carbons (Fsp3) is 0.333. The van der Waals surface area contributed by atoms with Gasteiger partial charge in [0, 0.05) is 55.2 Å². The fourth-order valence-electron chi connectivity index (χ4n) is 3.33. The minimum Gasteiger partial charge on any atom is -0.465 e. The Morgan fingerprint density at radius 1 is 1.07 bits per heavy atom. The van der Waals surface area contributed by atoms with Crippen molar-refractivity contribution in [1.82, 2.24) is 4.90 Å². The number of non-ortho nitro benzene ring substituents is 1. The molecule has 1 amide bonds. The number of nitrogens with one attached hydrogen (secondary N) is 1. The van der Waals surface area contributed by atoms with Gasteiger partial charge in [0.25, 0.3) is 11.6 Å². The molecular weight excluding hydrogens is 388 g/mol.